The van der Waals surface area contributed by atoms with Crippen molar-refractivity contribution in [2.24, 2.45) is 0 Å². The SMILES string of the molecule is CN1Cc2cn[c]nc2C1. The summed E-state index contributed by atoms with van der Waals surface area (Å²) in [6, 6.07) is 0. The first-order valence-electron chi connectivity index (χ1n) is 3.25. The van der Waals surface area contributed by atoms with E-state index in [-0.39, 0.29) is 0 Å². The second kappa shape index (κ2) is 2.02. The van der Waals surface area contributed by atoms with Gasteiger partial charge in [0.15, 0.2) is 6.33 Å². The van der Waals surface area contributed by atoms with Crippen molar-refractivity contribution in [1.29, 1.82) is 0 Å². The minimum atomic E-state index is 0.939. The van der Waals surface area contributed by atoms with E-state index in [2.05, 4.69) is 28.2 Å². The monoisotopic (exact) mass is 134 g/mol. The van der Waals surface area contributed by atoms with Crippen molar-refractivity contribution in [3.63, 3.8) is 0 Å². The van der Waals surface area contributed by atoms with Crippen molar-refractivity contribution < 1.29 is 0 Å². The predicted octanol–water partition coefficient (Wildman–Crippen LogP) is 0.222. The number of rotatable bonds is 0. The van der Waals surface area contributed by atoms with E-state index in [1.807, 2.05) is 6.20 Å². The molecule has 1 aromatic rings. The Kier molecular flexibility index (Phi) is 1.17. The van der Waals surface area contributed by atoms with Crippen LogP contribution in [-0.2, 0) is 13.1 Å². The van der Waals surface area contributed by atoms with Crippen LogP contribution in [0.15, 0.2) is 6.20 Å². The zero-order valence-electron chi connectivity index (χ0n) is 5.83. The molecule has 2 heterocycles. The Morgan fingerprint density at radius 3 is 3.30 bits per heavy atom. The van der Waals surface area contributed by atoms with E-state index >= 15 is 0 Å². The zero-order chi connectivity index (χ0) is 6.97. The van der Waals surface area contributed by atoms with Gasteiger partial charge in [0.2, 0.25) is 0 Å². The van der Waals surface area contributed by atoms with Crippen LogP contribution in [0.2, 0.25) is 0 Å². The fourth-order valence-electron chi connectivity index (χ4n) is 1.21. The maximum atomic E-state index is 4.03. The van der Waals surface area contributed by atoms with Gasteiger partial charge in [-0.25, -0.2) is 9.97 Å². The molecule has 2 rings (SSSR count). The van der Waals surface area contributed by atoms with E-state index in [1.165, 1.54) is 5.56 Å². The molecular weight excluding hydrogens is 126 g/mol. The van der Waals surface area contributed by atoms with E-state index in [4.69, 9.17) is 0 Å². The molecule has 0 aromatic carbocycles. The Morgan fingerprint density at radius 1 is 1.60 bits per heavy atom. The van der Waals surface area contributed by atoms with E-state index in [0.29, 0.717) is 0 Å². The number of fused-ring (bicyclic) bond motifs is 1. The van der Waals surface area contributed by atoms with Crippen LogP contribution >= 0.6 is 0 Å². The van der Waals surface area contributed by atoms with E-state index in [1.54, 1.807) is 0 Å². The highest BCUT2D eigenvalue weighted by Gasteiger charge is 2.15. The number of nitrogens with zero attached hydrogens (tertiary/aromatic N) is 3. The van der Waals surface area contributed by atoms with Crippen molar-refractivity contribution in [1.82, 2.24) is 14.9 Å². The van der Waals surface area contributed by atoms with Crippen molar-refractivity contribution in [3.8, 4) is 0 Å². The van der Waals surface area contributed by atoms with Crippen molar-refractivity contribution >= 4 is 0 Å². The molecule has 0 fully saturated rings. The maximum Gasteiger partial charge on any atom is 0.198 e. The smallest absolute Gasteiger partial charge is 0.198 e. The van der Waals surface area contributed by atoms with Crippen molar-refractivity contribution in [2.75, 3.05) is 7.05 Å². The van der Waals surface area contributed by atoms with Gasteiger partial charge in [-0.1, -0.05) is 0 Å². The Hall–Kier alpha value is -0.960. The molecule has 51 valence electrons. The minimum absolute atomic E-state index is 0.939. The normalized spacial score (nSPS) is 17.3. The lowest BCUT2D eigenvalue weighted by atomic mass is 10.3. The Balaban J connectivity index is 2.42. The molecule has 1 aliphatic rings. The molecule has 0 spiro atoms. The van der Waals surface area contributed by atoms with Gasteiger partial charge in [-0.3, -0.25) is 4.90 Å². The molecule has 0 bridgehead atoms. The Labute approximate surface area is 59.7 Å². The van der Waals surface area contributed by atoms with Gasteiger partial charge in [-0.15, -0.1) is 0 Å². The van der Waals surface area contributed by atoms with Gasteiger partial charge in [0.25, 0.3) is 0 Å². The molecule has 0 unspecified atom stereocenters. The summed E-state index contributed by atoms with van der Waals surface area (Å²) in [5.74, 6) is 0. The Bertz CT molecular complexity index is 221. The fraction of sp³-hybridized carbons (Fsp3) is 0.429. The fourth-order valence-corrected chi connectivity index (χ4v) is 1.21. The summed E-state index contributed by atoms with van der Waals surface area (Å²) in [7, 11) is 2.07. The molecule has 0 atom stereocenters. The second-order valence-electron chi connectivity index (χ2n) is 2.61. The lowest BCUT2D eigenvalue weighted by molar-refractivity contribution is 0.351. The molecule has 0 amide bonds. The molecule has 0 saturated heterocycles. The molecule has 3 heteroatoms. The lowest BCUT2D eigenvalue weighted by Crippen LogP contribution is -2.07. The summed E-state index contributed by atoms with van der Waals surface area (Å²) in [6.07, 6.45) is 4.43. The van der Waals surface area contributed by atoms with Crippen molar-refractivity contribution in [3.05, 3.63) is 23.8 Å². The zero-order valence-corrected chi connectivity index (χ0v) is 5.83. The topological polar surface area (TPSA) is 29.0 Å². The van der Waals surface area contributed by atoms with Gasteiger partial charge in [0, 0.05) is 24.8 Å². The highest BCUT2D eigenvalue weighted by atomic mass is 15.1. The Morgan fingerprint density at radius 2 is 2.50 bits per heavy atom. The molecule has 1 aromatic heterocycles. The van der Waals surface area contributed by atoms with Gasteiger partial charge in [-0.2, -0.15) is 0 Å². The summed E-state index contributed by atoms with van der Waals surface area (Å²) in [5, 5.41) is 0. The number of aromatic nitrogens is 2. The highest BCUT2D eigenvalue weighted by Crippen LogP contribution is 2.16. The molecular formula is C7H8N3. The van der Waals surface area contributed by atoms with Crippen LogP contribution in [0, 0.1) is 6.33 Å². The first-order chi connectivity index (χ1) is 4.86. The van der Waals surface area contributed by atoms with Crippen LogP contribution in [0.3, 0.4) is 0 Å². The minimum Gasteiger partial charge on any atom is -0.296 e. The van der Waals surface area contributed by atoms with Gasteiger partial charge >= 0.3 is 0 Å². The third kappa shape index (κ3) is 0.789. The van der Waals surface area contributed by atoms with Crippen LogP contribution in [0.5, 0.6) is 0 Å². The molecule has 1 radical (unpaired) electrons. The van der Waals surface area contributed by atoms with Crippen LogP contribution in [-0.4, -0.2) is 21.9 Å². The second-order valence-corrected chi connectivity index (χ2v) is 2.61. The van der Waals surface area contributed by atoms with E-state index < -0.39 is 0 Å². The summed E-state index contributed by atoms with van der Waals surface area (Å²) in [6.45, 7) is 1.92. The average molecular weight is 134 g/mol. The van der Waals surface area contributed by atoms with E-state index in [9.17, 15) is 0 Å². The van der Waals surface area contributed by atoms with Crippen LogP contribution in [0.4, 0.5) is 0 Å². The van der Waals surface area contributed by atoms with Crippen LogP contribution < -0.4 is 0 Å². The van der Waals surface area contributed by atoms with Gasteiger partial charge in [-0.05, 0) is 7.05 Å². The summed E-state index contributed by atoms with van der Waals surface area (Å²) >= 11 is 0. The third-order valence-corrected chi connectivity index (χ3v) is 1.69. The number of hydrogen-bond acceptors (Lipinski definition) is 3. The van der Waals surface area contributed by atoms with Crippen molar-refractivity contribution in [2.45, 2.75) is 13.1 Å². The van der Waals surface area contributed by atoms with Crippen LogP contribution in [0.25, 0.3) is 0 Å². The predicted molar refractivity (Wildman–Crippen MR) is 36.0 cm³/mol. The van der Waals surface area contributed by atoms with Gasteiger partial charge < -0.3 is 0 Å². The lowest BCUT2D eigenvalue weighted by Gasteiger charge is -2.01. The average Bonchev–Trinajstić information content (AvgIpc) is 2.27. The molecule has 0 aliphatic carbocycles. The summed E-state index contributed by atoms with van der Waals surface area (Å²) in [5.41, 5.74) is 2.36. The molecule has 3 nitrogen and oxygen atoms in total. The van der Waals surface area contributed by atoms with E-state index in [0.717, 1.165) is 18.8 Å². The summed E-state index contributed by atoms with van der Waals surface area (Å²) in [4.78, 5) is 10.1. The molecule has 10 heavy (non-hydrogen) atoms. The molecule has 0 saturated carbocycles. The first kappa shape index (κ1) is 5.80. The van der Waals surface area contributed by atoms with Crippen LogP contribution in [0.1, 0.15) is 11.3 Å². The first-order valence-corrected chi connectivity index (χ1v) is 3.25. The highest BCUT2D eigenvalue weighted by molar-refractivity contribution is 5.19. The third-order valence-electron chi connectivity index (χ3n) is 1.69. The van der Waals surface area contributed by atoms with Gasteiger partial charge in [0.05, 0.1) is 5.69 Å². The standard InChI is InChI=1S/C7H8N3/c1-10-3-6-2-8-5-9-7(6)4-10/h2H,3-4H2,1H3. The number of hydrogen-bond donors (Lipinski definition) is 0. The molecule has 1 aliphatic heterocycles. The molecule has 0 N–H and O–H groups in total. The quantitative estimate of drug-likeness (QED) is 0.508. The van der Waals surface area contributed by atoms with Gasteiger partial charge in [0.1, 0.15) is 0 Å². The summed E-state index contributed by atoms with van der Waals surface area (Å²) < 4.78 is 0. The maximum absolute atomic E-state index is 4.03. The largest absolute Gasteiger partial charge is 0.296 e.